The van der Waals surface area contributed by atoms with Crippen molar-refractivity contribution >= 4 is 38.1 Å². The number of methoxy groups -OCH3 is 1. The van der Waals surface area contributed by atoms with Crippen molar-refractivity contribution in [2.45, 2.75) is 19.2 Å². The van der Waals surface area contributed by atoms with Gasteiger partial charge in [-0.25, -0.2) is 18.4 Å². The third-order valence-electron chi connectivity index (χ3n) is 6.00. The molecular weight excluding hydrogens is 507 g/mol. The van der Waals surface area contributed by atoms with E-state index in [0.717, 1.165) is 11.6 Å². The second kappa shape index (κ2) is 9.27. The van der Waals surface area contributed by atoms with Gasteiger partial charge in [0.1, 0.15) is 12.4 Å². The molecule has 0 saturated carbocycles. The molecule has 0 saturated heterocycles. The van der Waals surface area contributed by atoms with Gasteiger partial charge in [-0.05, 0) is 54.4 Å². The second-order valence-electron chi connectivity index (χ2n) is 8.60. The Balaban J connectivity index is 1.56. The minimum atomic E-state index is -4.56. The van der Waals surface area contributed by atoms with E-state index in [1.807, 2.05) is 6.07 Å². The number of pyridine rings is 1. The van der Waals surface area contributed by atoms with Crippen LogP contribution in [0.15, 0.2) is 54.7 Å². The molecule has 0 aliphatic carbocycles. The Morgan fingerprint density at radius 1 is 1.11 bits per heavy atom. The number of sulfonamides is 1. The number of fused-ring (bicyclic) bond motifs is 2. The normalized spacial score (nSPS) is 13.7. The van der Waals surface area contributed by atoms with Gasteiger partial charge < -0.3 is 10.1 Å². The summed E-state index contributed by atoms with van der Waals surface area (Å²) in [5, 5.41) is 3.84. The molecule has 1 aliphatic rings. The van der Waals surface area contributed by atoms with Crippen LogP contribution >= 0.6 is 0 Å². The van der Waals surface area contributed by atoms with Crippen molar-refractivity contribution in [2.75, 3.05) is 29.5 Å². The minimum absolute atomic E-state index is 0.0970. The van der Waals surface area contributed by atoms with Gasteiger partial charge in [0.05, 0.1) is 28.7 Å². The lowest BCUT2D eigenvalue weighted by Gasteiger charge is -2.17. The third kappa shape index (κ3) is 4.94. The van der Waals surface area contributed by atoms with Crippen molar-refractivity contribution in [1.29, 1.82) is 0 Å². The molecule has 5 rings (SSSR count). The number of aromatic nitrogens is 3. The fourth-order valence-electron chi connectivity index (χ4n) is 4.41. The second-order valence-corrected chi connectivity index (χ2v) is 10.5. The molecule has 192 valence electrons. The first-order chi connectivity index (χ1) is 17.5. The first kappa shape index (κ1) is 24.9. The van der Waals surface area contributed by atoms with Crippen molar-refractivity contribution < 1.29 is 26.3 Å². The largest absolute Gasteiger partial charge is 0.418 e. The average Bonchev–Trinajstić information content (AvgIpc) is 3.27. The summed E-state index contributed by atoms with van der Waals surface area (Å²) >= 11 is 0. The van der Waals surface area contributed by atoms with Crippen molar-refractivity contribution in [1.82, 2.24) is 15.0 Å². The zero-order valence-corrected chi connectivity index (χ0v) is 20.7. The fraction of sp³-hybridized carbons (Fsp3) is 0.240. The van der Waals surface area contributed by atoms with Crippen molar-refractivity contribution in [3.8, 4) is 11.3 Å². The van der Waals surface area contributed by atoms with Crippen LogP contribution in [0.1, 0.15) is 17.0 Å². The lowest BCUT2D eigenvalue weighted by Crippen LogP contribution is -2.27. The van der Waals surface area contributed by atoms with Gasteiger partial charge in [0.15, 0.2) is 5.82 Å². The van der Waals surface area contributed by atoms with E-state index in [1.54, 1.807) is 30.3 Å². The number of benzene rings is 2. The molecule has 0 radical (unpaired) electrons. The zero-order valence-electron chi connectivity index (χ0n) is 19.9. The summed E-state index contributed by atoms with van der Waals surface area (Å²) in [6.45, 7) is 0.474. The molecule has 37 heavy (non-hydrogen) atoms. The molecule has 0 bridgehead atoms. The Hall–Kier alpha value is -3.77. The molecule has 2 aromatic carbocycles. The number of nitrogens with zero attached hydrogens (tertiary/aromatic N) is 4. The number of hydrogen-bond acceptors (Lipinski definition) is 7. The maximum atomic E-state index is 13.6. The fourth-order valence-corrected chi connectivity index (χ4v) is 5.37. The van der Waals surface area contributed by atoms with Crippen LogP contribution in [0.3, 0.4) is 0 Å². The van der Waals surface area contributed by atoms with Gasteiger partial charge in [0.2, 0.25) is 10.0 Å². The number of hydrogen-bond donors (Lipinski definition) is 1. The van der Waals surface area contributed by atoms with E-state index in [2.05, 4.69) is 20.3 Å². The minimum Gasteiger partial charge on any atom is -0.377 e. The molecule has 1 N–H and O–H groups in total. The Bertz CT molecular complexity index is 1610. The molecule has 0 unspecified atom stereocenters. The average molecular weight is 530 g/mol. The first-order valence-corrected chi connectivity index (χ1v) is 13.1. The van der Waals surface area contributed by atoms with Gasteiger partial charge in [-0.3, -0.25) is 9.29 Å². The van der Waals surface area contributed by atoms with Gasteiger partial charge in [0.25, 0.3) is 0 Å². The summed E-state index contributed by atoms with van der Waals surface area (Å²) in [7, 11) is -1.87. The van der Waals surface area contributed by atoms with Crippen LogP contribution in [-0.2, 0) is 34.0 Å². The number of anilines is 3. The Kier molecular flexibility index (Phi) is 6.24. The maximum absolute atomic E-state index is 13.6. The lowest BCUT2D eigenvalue weighted by atomic mass is 10.0. The summed E-state index contributed by atoms with van der Waals surface area (Å²) in [5.74, 6) is 0.787. The predicted octanol–water partition coefficient (Wildman–Crippen LogP) is 4.92. The van der Waals surface area contributed by atoms with E-state index in [0.29, 0.717) is 46.9 Å². The molecule has 1 aliphatic heterocycles. The van der Waals surface area contributed by atoms with E-state index in [1.165, 1.54) is 29.9 Å². The van der Waals surface area contributed by atoms with Crippen LogP contribution in [0.2, 0.25) is 0 Å². The summed E-state index contributed by atoms with van der Waals surface area (Å²) in [4.78, 5) is 13.0. The molecule has 3 heterocycles. The quantitative estimate of drug-likeness (QED) is 0.379. The van der Waals surface area contributed by atoms with Gasteiger partial charge in [-0.2, -0.15) is 13.2 Å². The number of alkyl halides is 3. The summed E-state index contributed by atoms with van der Waals surface area (Å²) in [5.41, 5.74) is 1.87. The zero-order chi connectivity index (χ0) is 26.4. The van der Waals surface area contributed by atoms with Gasteiger partial charge in [-0.15, -0.1) is 0 Å². The van der Waals surface area contributed by atoms with Gasteiger partial charge >= 0.3 is 6.18 Å². The van der Waals surface area contributed by atoms with Crippen LogP contribution in [0, 0.1) is 0 Å². The highest BCUT2D eigenvalue weighted by atomic mass is 32.2. The highest BCUT2D eigenvalue weighted by molar-refractivity contribution is 7.92. The standard InChI is InChI=1S/C25H22F3N5O3S/c1-36-14-22-31-20-13-16(23-19(25(26,27)28)4-3-10-29-23)5-7-18(20)24(32-22)30-17-6-8-21-15(12-17)9-11-33(21)37(2,34)35/h3-8,10,12-13H,9,11,14H2,1-2H3,(H,30,31,32). The van der Waals surface area contributed by atoms with E-state index in [-0.39, 0.29) is 17.9 Å². The molecule has 12 heteroatoms. The number of nitrogens with one attached hydrogen (secondary N) is 1. The molecular formula is C25H22F3N5O3S. The highest BCUT2D eigenvalue weighted by Gasteiger charge is 2.34. The Morgan fingerprint density at radius 3 is 2.65 bits per heavy atom. The number of halogens is 3. The summed E-state index contributed by atoms with van der Waals surface area (Å²) in [6, 6.07) is 12.4. The van der Waals surface area contributed by atoms with Crippen LogP contribution in [0.25, 0.3) is 22.2 Å². The summed E-state index contributed by atoms with van der Waals surface area (Å²) in [6.07, 6.45) is -1.49. The van der Waals surface area contributed by atoms with Crippen LogP contribution in [-0.4, -0.2) is 43.3 Å². The van der Waals surface area contributed by atoms with E-state index < -0.39 is 21.8 Å². The molecule has 4 aromatic rings. The maximum Gasteiger partial charge on any atom is 0.418 e. The summed E-state index contributed by atoms with van der Waals surface area (Å²) < 4.78 is 71.4. The van der Waals surface area contributed by atoms with Crippen LogP contribution < -0.4 is 9.62 Å². The Morgan fingerprint density at radius 2 is 1.92 bits per heavy atom. The van der Waals surface area contributed by atoms with Crippen LogP contribution in [0.5, 0.6) is 0 Å². The van der Waals surface area contributed by atoms with Crippen LogP contribution in [0.4, 0.5) is 30.4 Å². The molecule has 2 aromatic heterocycles. The Labute approximate surface area is 211 Å². The van der Waals surface area contributed by atoms with E-state index in [4.69, 9.17) is 4.74 Å². The monoisotopic (exact) mass is 529 g/mol. The molecule has 0 amide bonds. The van der Waals surface area contributed by atoms with Gasteiger partial charge in [-0.1, -0.05) is 6.07 Å². The van der Waals surface area contributed by atoms with Crippen molar-refractivity contribution in [3.63, 3.8) is 0 Å². The highest BCUT2D eigenvalue weighted by Crippen LogP contribution is 2.38. The van der Waals surface area contributed by atoms with Crippen molar-refractivity contribution in [3.05, 3.63) is 71.7 Å². The lowest BCUT2D eigenvalue weighted by molar-refractivity contribution is -0.137. The van der Waals surface area contributed by atoms with E-state index in [9.17, 15) is 21.6 Å². The topological polar surface area (TPSA) is 97.3 Å². The van der Waals surface area contributed by atoms with Crippen molar-refractivity contribution in [2.24, 2.45) is 0 Å². The smallest absolute Gasteiger partial charge is 0.377 e. The first-order valence-electron chi connectivity index (χ1n) is 11.2. The SMILES string of the molecule is COCc1nc(Nc2ccc3c(c2)CCN3S(C)(=O)=O)c2ccc(-c3ncccc3C(F)(F)F)cc2n1. The number of ether oxygens (including phenoxy) is 1. The predicted molar refractivity (Wildman–Crippen MR) is 134 cm³/mol. The van der Waals surface area contributed by atoms with Gasteiger partial charge in [0, 0.05) is 36.5 Å². The van der Waals surface area contributed by atoms with E-state index >= 15 is 0 Å². The molecule has 8 nitrogen and oxygen atoms in total. The molecule has 0 fully saturated rings. The number of rotatable bonds is 6. The molecule has 0 atom stereocenters. The third-order valence-corrected chi connectivity index (χ3v) is 7.18. The molecule has 0 spiro atoms.